The maximum Gasteiger partial charge on any atom is 0.230 e. The number of aliphatic hydroxyl groups is 1. The fourth-order valence-electron chi connectivity index (χ4n) is 1.66. The summed E-state index contributed by atoms with van der Waals surface area (Å²) in [6, 6.07) is 0. The second-order valence-corrected chi connectivity index (χ2v) is 3.96. The van der Waals surface area contributed by atoms with Crippen molar-refractivity contribution in [2.24, 2.45) is 0 Å². The van der Waals surface area contributed by atoms with Crippen molar-refractivity contribution in [2.75, 3.05) is 26.3 Å². The van der Waals surface area contributed by atoms with Crippen LogP contribution in [0, 0.1) is 0 Å². The average Bonchev–Trinajstić information content (AvgIpc) is 2.27. The molecular formula is C11H19NO4. The van der Waals surface area contributed by atoms with Crippen molar-refractivity contribution in [2.45, 2.75) is 32.3 Å². The predicted molar refractivity (Wildman–Crippen MR) is 57.9 cm³/mol. The molecule has 1 aliphatic heterocycles. The number of nitrogens with zero attached hydrogens (tertiary/aromatic N) is 1. The molecule has 1 saturated heterocycles. The number of hydrogen-bond acceptors (Lipinski definition) is 4. The summed E-state index contributed by atoms with van der Waals surface area (Å²) in [7, 11) is 0. The Bertz CT molecular complexity index is 246. The molecule has 5 heteroatoms. The van der Waals surface area contributed by atoms with Crippen LogP contribution < -0.4 is 0 Å². The Labute approximate surface area is 95.4 Å². The number of rotatable bonds is 5. The summed E-state index contributed by atoms with van der Waals surface area (Å²) in [6.07, 6.45) is 0.815. The summed E-state index contributed by atoms with van der Waals surface area (Å²) in [5, 5.41) is 9.28. The van der Waals surface area contributed by atoms with E-state index in [-0.39, 0.29) is 30.8 Å². The first-order chi connectivity index (χ1) is 7.63. The van der Waals surface area contributed by atoms with Gasteiger partial charge in [0.05, 0.1) is 12.5 Å². The lowest BCUT2D eigenvalue weighted by Gasteiger charge is -2.29. The first-order valence-electron chi connectivity index (χ1n) is 5.68. The first kappa shape index (κ1) is 13.1. The zero-order valence-electron chi connectivity index (χ0n) is 9.65. The number of carbonyl (C=O) groups is 2. The molecule has 0 saturated carbocycles. The molecule has 0 aromatic rings. The number of likely N-dealkylation sites (tertiary alicyclic amines) is 1. The minimum atomic E-state index is -0.303. The van der Waals surface area contributed by atoms with Crippen LogP contribution in [0.25, 0.3) is 0 Å². The van der Waals surface area contributed by atoms with E-state index in [0.717, 1.165) is 0 Å². The fraction of sp³-hybridized carbons (Fsp3) is 0.818. The average molecular weight is 229 g/mol. The number of piperidine rings is 1. The number of Topliss-reactive ketones (excluding diaryl/α,β-unsaturated/α-hetero) is 1. The SMILES string of the molecule is CCOCC(=O)CC(=O)N1CCC(O)CC1. The molecule has 1 rings (SSSR count). The summed E-state index contributed by atoms with van der Waals surface area (Å²) in [5.74, 6) is -0.338. The van der Waals surface area contributed by atoms with Crippen LogP contribution in [0.3, 0.4) is 0 Å². The Morgan fingerprint density at radius 3 is 2.56 bits per heavy atom. The molecular weight excluding hydrogens is 210 g/mol. The largest absolute Gasteiger partial charge is 0.393 e. The number of aliphatic hydroxyl groups excluding tert-OH is 1. The summed E-state index contributed by atoms with van der Waals surface area (Å²) < 4.78 is 4.94. The van der Waals surface area contributed by atoms with Crippen LogP contribution in [0.4, 0.5) is 0 Å². The zero-order valence-corrected chi connectivity index (χ0v) is 9.65. The summed E-state index contributed by atoms with van der Waals surface area (Å²) >= 11 is 0. The Morgan fingerprint density at radius 1 is 1.38 bits per heavy atom. The van der Waals surface area contributed by atoms with E-state index >= 15 is 0 Å². The van der Waals surface area contributed by atoms with Gasteiger partial charge in [-0.2, -0.15) is 0 Å². The smallest absolute Gasteiger partial charge is 0.230 e. The van der Waals surface area contributed by atoms with E-state index in [0.29, 0.717) is 32.5 Å². The lowest BCUT2D eigenvalue weighted by Crippen LogP contribution is -2.41. The van der Waals surface area contributed by atoms with Gasteiger partial charge < -0.3 is 14.7 Å². The standard InChI is InChI=1S/C11H19NO4/c1-2-16-8-10(14)7-11(15)12-5-3-9(13)4-6-12/h9,13H,2-8H2,1H3. The van der Waals surface area contributed by atoms with Gasteiger partial charge in [0.1, 0.15) is 6.61 Å². The Hall–Kier alpha value is -0.940. The molecule has 1 aliphatic rings. The van der Waals surface area contributed by atoms with Crippen molar-refractivity contribution in [1.29, 1.82) is 0 Å². The minimum Gasteiger partial charge on any atom is -0.393 e. The molecule has 0 bridgehead atoms. The highest BCUT2D eigenvalue weighted by molar-refractivity contribution is 5.98. The molecule has 0 aliphatic carbocycles. The molecule has 1 amide bonds. The van der Waals surface area contributed by atoms with Gasteiger partial charge in [-0.3, -0.25) is 9.59 Å². The van der Waals surface area contributed by atoms with Crippen molar-refractivity contribution in [3.05, 3.63) is 0 Å². The maximum absolute atomic E-state index is 11.6. The Morgan fingerprint density at radius 2 is 2.00 bits per heavy atom. The first-order valence-corrected chi connectivity index (χ1v) is 5.68. The van der Waals surface area contributed by atoms with E-state index in [2.05, 4.69) is 0 Å². The molecule has 5 nitrogen and oxygen atoms in total. The van der Waals surface area contributed by atoms with Gasteiger partial charge >= 0.3 is 0 Å². The van der Waals surface area contributed by atoms with Crippen molar-refractivity contribution in [1.82, 2.24) is 4.90 Å². The van der Waals surface area contributed by atoms with Gasteiger partial charge in [0.2, 0.25) is 5.91 Å². The van der Waals surface area contributed by atoms with E-state index < -0.39 is 0 Å². The van der Waals surface area contributed by atoms with Gasteiger partial charge in [0, 0.05) is 19.7 Å². The molecule has 0 radical (unpaired) electrons. The number of ether oxygens (including phenoxy) is 1. The molecule has 0 aromatic carbocycles. The van der Waals surface area contributed by atoms with Gasteiger partial charge in [-0.1, -0.05) is 0 Å². The van der Waals surface area contributed by atoms with Crippen LogP contribution in [-0.2, 0) is 14.3 Å². The van der Waals surface area contributed by atoms with E-state index in [9.17, 15) is 14.7 Å². The molecule has 0 atom stereocenters. The van der Waals surface area contributed by atoms with Gasteiger partial charge in [-0.05, 0) is 19.8 Å². The highest BCUT2D eigenvalue weighted by Gasteiger charge is 2.22. The lowest BCUT2D eigenvalue weighted by atomic mass is 10.1. The number of amides is 1. The van der Waals surface area contributed by atoms with Crippen LogP contribution in [0.15, 0.2) is 0 Å². The molecule has 0 spiro atoms. The van der Waals surface area contributed by atoms with Crippen LogP contribution in [-0.4, -0.2) is 54.1 Å². The van der Waals surface area contributed by atoms with E-state index in [4.69, 9.17) is 4.74 Å². The quantitative estimate of drug-likeness (QED) is 0.672. The molecule has 92 valence electrons. The van der Waals surface area contributed by atoms with Crippen LogP contribution in [0.2, 0.25) is 0 Å². The summed E-state index contributed by atoms with van der Waals surface area (Å²) in [4.78, 5) is 24.6. The third-order valence-electron chi connectivity index (χ3n) is 2.63. The molecule has 0 aromatic heterocycles. The van der Waals surface area contributed by atoms with E-state index in [1.54, 1.807) is 11.8 Å². The van der Waals surface area contributed by atoms with Crippen molar-refractivity contribution in [3.63, 3.8) is 0 Å². The third kappa shape index (κ3) is 4.28. The molecule has 16 heavy (non-hydrogen) atoms. The van der Waals surface area contributed by atoms with Crippen LogP contribution in [0.1, 0.15) is 26.2 Å². The minimum absolute atomic E-state index is 0.0126. The molecule has 1 N–H and O–H groups in total. The number of ketones is 1. The summed E-state index contributed by atoms with van der Waals surface area (Å²) in [6.45, 7) is 3.39. The summed E-state index contributed by atoms with van der Waals surface area (Å²) in [5.41, 5.74) is 0. The van der Waals surface area contributed by atoms with Crippen LogP contribution in [0.5, 0.6) is 0 Å². The Kier molecular flexibility index (Phi) is 5.42. The lowest BCUT2D eigenvalue weighted by molar-refractivity contribution is -0.138. The number of hydrogen-bond donors (Lipinski definition) is 1. The van der Waals surface area contributed by atoms with Gasteiger partial charge in [-0.25, -0.2) is 0 Å². The van der Waals surface area contributed by atoms with Crippen molar-refractivity contribution in [3.8, 4) is 0 Å². The van der Waals surface area contributed by atoms with Crippen molar-refractivity contribution < 1.29 is 19.4 Å². The topological polar surface area (TPSA) is 66.8 Å². The normalized spacial score (nSPS) is 17.5. The van der Waals surface area contributed by atoms with E-state index in [1.165, 1.54) is 0 Å². The molecule has 1 fully saturated rings. The monoisotopic (exact) mass is 229 g/mol. The van der Waals surface area contributed by atoms with Gasteiger partial charge in [0.25, 0.3) is 0 Å². The van der Waals surface area contributed by atoms with Gasteiger partial charge in [0.15, 0.2) is 5.78 Å². The maximum atomic E-state index is 11.6. The Balaban J connectivity index is 2.26. The second-order valence-electron chi connectivity index (χ2n) is 3.96. The highest BCUT2D eigenvalue weighted by Crippen LogP contribution is 2.11. The predicted octanol–water partition coefficient (Wildman–Crippen LogP) is -0.0346. The van der Waals surface area contributed by atoms with Crippen LogP contribution >= 0.6 is 0 Å². The van der Waals surface area contributed by atoms with Crippen molar-refractivity contribution >= 4 is 11.7 Å². The number of carbonyl (C=O) groups excluding carboxylic acids is 2. The van der Waals surface area contributed by atoms with Gasteiger partial charge in [-0.15, -0.1) is 0 Å². The molecule has 0 unspecified atom stereocenters. The zero-order chi connectivity index (χ0) is 12.0. The fourth-order valence-corrected chi connectivity index (χ4v) is 1.66. The molecule has 1 heterocycles. The third-order valence-corrected chi connectivity index (χ3v) is 2.63. The second kappa shape index (κ2) is 6.60. The van der Waals surface area contributed by atoms with E-state index in [1.807, 2.05) is 0 Å². The highest BCUT2D eigenvalue weighted by atomic mass is 16.5.